The lowest BCUT2D eigenvalue weighted by Gasteiger charge is -2.11. The van der Waals surface area contributed by atoms with Crippen molar-refractivity contribution in [2.45, 2.75) is 6.73 Å². The number of nitrogens with zero attached hydrogens (tertiary/aromatic N) is 2. The van der Waals surface area contributed by atoms with Crippen LogP contribution in [0.15, 0.2) is 59.2 Å². The van der Waals surface area contributed by atoms with Crippen LogP contribution in [-0.4, -0.2) is 15.7 Å². The first-order valence-corrected chi connectivity index (χ1v) is 8.37. The van der Waals surface area contributed by atoms with E-state index in [2.05, 4.69) is 26.3 Å². The molecule has 0 atom stereocenters. The molecule has 25 heavy (non-hydrogen) atoms. The third-order valence-electron chi connectivity index (χ3n) is 3.31. The molecule has 3 rings (SSSR count). The zero-order chi connectivity index (χ0) is 17.8. The minimum absolute atomic E-state index is 0.0116. The number of halogens is 3. The van der Waals surface area contributed by atoms with Crippen molar-refractivity contribution in [3.8, 4) is 5.75 Å². The lowest BCUT2D eigenvalue weighted by molar-refractivity contribution is 0.100. The number of hydrogen-bond acceptors (Lipinski definition) is 3. The first kappa shape index (κ1) is 17.4. The van der Waals surface area contributed by atoms with Crippen LogP contribution in [0.25, 0.3) is 0 Å². The van der Waals surface area contributed by atoms with Gasteiger partial charge in [-0.2, -0.15) is 5.10 Å². The van der Waals surface area contributed by atoms with Gasteiger partial charge in [0.15, 0.2) is 6.73 Å². The molecule has 0 aliphatic rings. The van der Waals surface area contributed by atoms with Crippen LogP contribution in [0.2, 0.25) is 5.02 Å². The number of para-hydroxylation sites is 1. The minimum Gasteiger partial charge on any atom is -0.470 e. The third-order valence-corrected chi connectivity index (χ3v) is 4.11. The molecule has 0 saturated carbocycles. The van der Waals surface area contributed by atoms with Crippen molar-refractivity contribution in [2.24, 2.45) is 0 Å². The third kappa shape index (κ3) is 4.18. The first-order valence-electron chi connectivity index (χ1n) is 7.20. The molecule has 0 aliphatic carbocycles. The summed E-state index contributed by atoms with van der Waals surface area (Å²) in [5.41, 5.74) is 0.308. The molecule has 128 valence electrons. The predicted octanol–water partition coefficient (Wildman–Crippen LogP) is 4.73. The summed E-state index contributed by atoms with van der Waals surface area (Å²) < 4.78 is 21.4. The monoisotopic (exact) mass is 423 g/mol. The highest BCUT2D eigenvalue weighted by atomic mass is 79.9. The van der Waals surface area contributed by atoms with E-state index < -0.39 is 11.7 Å². The van der Waals surface area contributed by atoms with Crippen LogP contribution in [0, 0.1) is 5.82 Å². The molecule has 0 unspecified atom stereocenters. The SMILES string of the molecule is O=C(Nc1ccc(Br)cc1F)c1ccnn1COc1ccccc1Cl. The Morgan fingerprint density at radius 1 is 1.28 bits per heavy atom. The van der Waals surface area contributed by atoms with Gasteiger partial charge in [-0.15, -0.1) is 0 Å². The van der Waals surface area contributed by atoms with E-state index in [4.69, 9.17) is 16.3 Å². The van der Waals surface area contributed by atoms with Gasteiger partial charge < -0.3 is 10.1 Å². The van der Waals surface area contributed by atoms with Gasteiger partial charge in [-0.1, -0.05) is 39.7 Å². The summed E-state index contributed by atoms with van der Waals surface area (Å²) in [5, 5.41) is 7.02. The lowest BCUT2D eigenvalue weighted by atomic mass is 10.3. The highest BCUT2D eigenvalue weighted by Crippen LogP contribution is 2.24. The summed E-state index contributed by atoms with van der Waals surface area (Å²) in [4.78, 5) is 12.4. The number of amides is 1. The van der Waals surface area contributed by atoms with Gasteiger partial charge in [-0.3, -0.25) is 4.79 Å². The number of carbonyl (C=O) groups excluding carboxylic acids is 1. The average molecular weight is 425 g/mol. The van der Waals surface area contributed by atoms with Gasteiger partial charge in [0.1, 0.15) is 17.3 Å². The van der Waals surface area contributed by atoms with Crippen LogP contribution in [0.3, 0.4) is 0 Å². The second kappa shape index (κ2) is 7.67. The molecule has 2 aromatic carbocycles. The van der Waals surface area contributed by atoms with Crippen LogP contribution in [0.5, 0.6) is 5.75 Å². The molecule has 1 N–H and O–H groups in total. The van der Waals surface area contributed by atoms with Crippen molar-refractivity contribution in [3.05, 3.63) is 75.7 Å². The molecule has 1 amide bonds. The zero-order valence-electron chi connectivity index (χ0n) is 12.7. The molecule has 0 saturated heterocycles. The minimum atomic E-state index is -0.541. The number of benzene rings is 2. The maximum absolute atomic E-state index is 13.9. The maximum Gasteiger partial charge on any atom is 0.274 e. The van der Waals surface area contributed by atoms with E-state index in [1.807, 2.05) is 0 Å². The fourth-order valence-corrected chi connectivity index (χ4v) is 2.62. The van der Waals surface area contributed by atoms with Crippen molar-refractivity contribution in [1.82, 2.24) is 9.78 Å². The molecular weight excluding hydrogens is 413 g/mol. The Labute approximate surface area is 156 Å². The average Bonchev–Trinajstić information content (AvgIpc) is 3.05. The molecule has 0 fully saturated rings. The number of hydrogen-bond donors (Lipinski definition) is 1. The Bertz CT molecular complexity index is 916. The van der Waals surface area contributed by atoms with Crippen molar-refractivity contribution in [1.29, 1.82) is 0 Å². The van der Waals surface area contributed by atoms with Gasteiger partial charge in [0.05, 0.1) is 10.7 Å². The van der Waals surface area contributed by atoms with E-state index in [-0.39, 0.29) is 18.1 Å². The largest absolute Gasteiger partial charge is 0.470 e. The molecule has 3 aromatic rings. The number of rotatable bonds is 5. The number of aromatic nitrogens is 2. The summed E-state index contributed by atoms with van der Waals surface area (Å²) in [7, 11) is 0. The topological polar surface area (TPSA) is 56.2 Å². The van der Waals surface area contributed by atoms with Crippen LogP contribution >= 0.6 is 27.5 Å². The van der Waals surface area contributed by atoms with Crippen LogP contribution in [0.4, 0.5) is 10.1 Å². The second-order valence-corrected chi connectivity index (χ2v) is 6.32. The smallest absolute Gasteiger partial charge is 0.274 e. The molecule has 1 heterocycles. The Morgan fingerprint density at radius 2 is 2.08 bits per heavy atom. The highest BCUT2D eigenvalue weighted by Gasteiger charge is 2.15. The van der Waals surface area contributed by atoms with Gasteiger partial charge in [-0.05, 0) is 36.4 Å². The van der Waals surface area contributed by atoms with Crippen molar-refractivity contribution >= 4 is 39.1 Å². The van der Waals surface area contributed by atoms with Crippen LogP contribution in [-0.2, 0) is 6.73 Å². The van der Waals surface area contributed by atoms with Crippen molar-refractivity contribution < 1.29 is 13.9 Å². The lowest BCUT2D eigenvalue weighted by Crippen LogP contribution is -2.20. The van der Waals surface area contributed by atoms with Gasteiger partial charge in [-0.25, -0.2) is 9.07 Å². The molecule has 0 aliphatic heterocycles. The summed E-state index contributed by atoms with van der Waals surface area (Å²) in [6, 6.07) is 12.9. The first-order chi connectivity index (χ1) is 12.0. The summed E-state index contributed by atoms with van der Waals surface area (Å²) in [6.07, 6.45) is 1.46. The van der Waals surface area contributed by atoms with Gasteiger partial charge in [0.2, 0.25) is 0 Å². The normalized spacial score (nSPS) is 10.5. The molecule has 0 spiro atoms. The Balaban J connectivity index is 1.72. The van der Waals surface area contributed by atoms with Crippen molar-refractivity contribution in [3.63, 3.8) is 0 Å². The van der Waals surface area contributed by atoms with E-state index in [1.54, 1.807) is 30.3 Å². The number of nitrogens with one attached hydrogen (secondary N) is 1. The maximum atomic E-state index is 13.9. The van der Waals surface area contributed by atoms with Crippen molar-refractivity contribution in [2.75, 3.05) is 5.32 Å². The van der Waals surface area contributed by atoms with E-state index in [1.165, 1.54) is 29.1 Å². The van der Waals surface area contributed by atoms with Gasteiger partial charge in [0.25, 0.3) is 5.91 Å². The molecular formula is C17H12BrClFN3O2. The molecule has 5 nitrogen and oxygen atoms in total. The molecule has 1 aromatic heterocycles. The zero-order valence-corrected chi connectivity index (χ0v) is 15.1. The van der Waals surface area contributed by atoms with E-state index in [0.29, 0.717) is 15.2 Å². The fourth-order valence-electron chi connectivity index (χ4n) is 2.10. The van der Waals surface area contributed by atoms with E-state index in [9.17, 15) is 9.18 Å². The quantitative estimate of drug-likeness (QED) is 0.644. The number of ether oxygens (including phenoxy) is 1. The van der Waals surface area contributed by atoms with E-state index in [0.717, 1.165) is 0 Å². The summed E-state index contributed by atoms with van der Waals surface area (Å²) in [6.45, 7) is -0.0116. The predicted molar refractivity (Wildman–Crippen MR) is 96.4 cm³/mol. The summed E-state index contributed by atoms with van der Waals surface area (Å²) >= 11 is 9.19. The summed E-state index contributed by atoms with van der Waals surface area (Å²) in [5.74, 6) is -0.562. The molecule has 0 bridgehead atoms. The number of carbonyl (C=O) groups is 1. The number of anilines is 1. The molecule has 8 heteroatoms. The standard InChI is InChI=1S/C17H12BrClFN3O2/c18-11-5-6-14(13(20)9-11)22-17(24)15-7-8-21-23(15)10-25-16-4-2-1-3-12(16)19/h1-9H,10H2,(H,22,24). The van der Waals surface area contributed by atoms with Crippen LogP contribution in [0.1, 0.15) is 10.5 Å². The fraction of sp³-hybridized carbons (Fsp3) is 0.0588. The van der Waals surface area contributed by atoms with Gasteiger partial charge in [0, 0.05) is 10.7 Å². The highest BCUT2D eigenvalue weighted by molar-refractivity contribution is 9.10. The van der Waals surface area contributed by atoms with Crippen LogP contribution < -0.4 is 10.1 Å². The van der Waals surface area contributed by atoms with E-state index >= 15 is 0 Å². The Hall–Kier alpha value is -2.38. The second-order valence-electron chi connectivity index (χ2n) is 5.00. The Morgan fingerprint density at radius 3 is 2.84 bits per heavy atom. The molecule has 0 radical (unpaired) electrons. The van der Waals surface area contributed by atoms with Gasteiger partial charge >= 0.3 is 0 Å². The Kier molecular flexibility index (Phi) is 5.35.